The van der Waals surface area contributed by atoms with Gasteiger partial charge in [-0.25, -0.2) is 15.0 Å². The van der Waals surface area contributed by atoms with E-state index < -0.39 is 10.2 Å². The molecule has 1 unspecified atom stereocenters. The van der Waals surface area contributed by atoms with Gasteiger partial charge in [-0.3, -0.25) is 14.9 Å². The highest BCUT2D eigenvalue weighted by molar-refractivity contribution is 8.00. The number of nitrogens with one attached hydrogen (secondary N) is 1. The summed E-state index contributed by atoms with van der Waals surface area (Å²) in [6.45, 7) is 1.79. The van der Waals surface area contributed by atoms with E-state index in [4.69, 9.17) is 0 Å². The number of anilines is 1. The van der Waals surface area contributed by atoms with Crippen molar-refractivity contribution in [3.8, 4) is 22.5 Å². The minimum atomic E-state index is -0.451. The van der Waals surface area contributed by atoms with Crippen LogP contribution >= 0.6 is 23.1 Å². The van der Waals surface area contributed by atoms with Gasteiger partial charge in [0.1, 0.15) is 11.4 Å². The highest BCUT2D eigenvalue weighted by Crippen LogP contribution is 2.29. The van der Waals surface area contributed by atoms with Crippen molar-refractivity contribution >= 4 is 39.8 Å². The quantitative estimate of drug-likeness (QED) is 0.171. The summed E-state index contributed by atoms with van der Waals surface area (Å²) in [6.07, 6.45) is 1.49. The number of carbonyl (C=O) groups excluding carboxylic acids is 1. The first kappa shape index (κ1) is 21.6. The van der Waals surface area contributed by atoms with E-state index in [0.717, 1.165) is 11.3 Å². The molecule has 1 N–H and O–H groups in total. The first-order valence-electron chi connectivity index (χ1n) is 9.55. The smallest absolute Gasteiger partial charge is 0.270 e. The number of carbonyl (C=O) groups is 1. The molecule has 4 aromatic rings. The number of aromatic nitrogens is 3. The molecule has 2 heterocycles. The second kappa shape index (κ2) is 9.67. The molecule has 32 heavy (non-hydrogen) atoms. The molecular formula is C22H17N5O3S2. The maximum atomic E-state index is 12.7. The van der Waals surface area contributed by atoms with Gasteiger partial charge in [0, 0.05) is 28.6 Å². The summed E-state index contributed by atoms with van der Waals surface area (Å²) in [6, 6.07) is 17.8. The Bertz CT molecular complexity index is 1260. The zero-order valence-corrected chi connectivity index (χ0v) is 18.5. The summed E-state index contributed by atoms with van der Waals surface area (Å²) in [7, 11) is 0. The topological polar surface area (TPSA) is 111 Å². The second-order valence-electron chi connectivity index (χ2n) is 6.70. The van der Waals surface area contributed by atoms with Crippen LogP contribution < -0.4 is 5.32 Å². The summed E-state index contributed by atoms with van der Waals surface area (Å²) in [5.41, 5.74) is 2.94. The summed E-state index contributed by atoms with van der Waals surface area (Å²) < 4.78 is 0. The standard InChI is InChI=1S/C22H17N5O3S2/c1-14(32-20-11-18(23-13-24-20)15-6-3-2-4-7-15)21(28)26-22-25-19(12-31-22)16-8-5-9-17(10-16)27(29)30/h2-14H,1H3,(H,25,26,28). The van der Waals surface area contributed by atoms with Crippen molar-refractivity contribution in [3.63, 3.8) is 0 Å². The third-order valence-electron chi connectivity index (χ3n) is 4.47. The Labute approximate surface area is 191 Å². The number of non-ortho nitro benzene ring substituents is 1. The third-order valence-corrected chi connectivity index (χ3v) is 6.26. The van der Waals surface area contributed by atoms with Gasteiger partial charge >= 0.3 is 0 Å². The Hall–Kier alpha value is -3.63. The Morgan fingerprint density at radius 1 is 1.06 bits per heavy atom. The average Bonchev–Trinajstić information content (AvgIpc) is 3.28. The van der Waals surface area contributed by atoms with Crippen LogP contribution in [0, 0.1) is 10.1 Å². The van der Waals surface area contributed by atoms with Gasteiger partial charge in [0.05, 0.1) is 21.6 Å². The maximum absolute atomic E-state index is 12.7. The molecule has 160 valence electrons. The molecule has 0 fully saturated rings. The average molecular weight is 464 g/mol. The van der Waals surface area contributed by atoms with Crippen molar-refractivity contribution < 1.29 is 9.72 Å². The van der Waals surface area contributed by atoms with Gasteiger partial charge in [-0.15, -0.1) is 11.3 Å². The largest absolute Gasteiger partial charge is 0.301 e. The minimum absolute atomic E-state index is 0.00849. The van der Waals surface area contributed by atoms with Crippen molar-refractivity contribution in [3.05, 3.63) is 82.5 Å². The molecule has 0 aliphatic rings. The fourth-order valence-electron chi connectivity index (χ4n) is 2.85. The lowest BCUT2D eigenvalue weighted by molar-refractivity contribution is -0.384. The molecule has 8 nitrogen and oxygen atoms in total. The molecule has 0 spiro atoms. The highest BCUT2D eigenvalue weighted by atomic mass is 32.2. The maximum Gasteiger partial charge on any atom is 0.270 e. The van der Waals surface area contributed by atoms with Crippen molar-refractivity contribution in [2.75, 3.05) is 5.32 Å². The number of amides is 1. The van der Waals surface area contributed by atoms with Crippen LogP contribution in [0.4, 0.5) is 10.8 Å². The van der Waals surface area contributed by atoms with Gasteiger partial charge in [-0.1, -0.05) is 54.2 Å². The van der Waals surface area contributed by atoms with Crippen LogP contribution in [-0.4, -0.2) is 31.0 Å². The number of thioether (sulfide) groups is 1. The molecule has 0 radical (unpaired) electrons. The van der Waals surface area contributed by atoms with E-state index in [0.29, 0.717) is 21.4 Å². The minimum Gasteiger partial charge on any atom is -0.301 e. The van der Waals surface area contributed by atoms with Crippen LogP contribution in [-0.2, 0) is 4.79 Å². The number of benzene rings is 2. The van der Waals surface area contributed by atoms with Crippen molar-refractivity contribution in [2.24, 2.45) is 0 Å². The highest BCUT2D eigenvalue weighted by Gasteiger charge is 2.18. The van der Waals surface area contributed by atoms with Crippen molar-refractivity contribution in [1.29, 1.82) is 0 Å². The predicted molar refractivity (Wildman–Crippen MR) is 126 cm³/mol. The van der Waals surface area contributed by atoms with Crippen molar-refractivity contribution in [2.45, 2.75) is 17.2 Å². The first-order chi connectivity index (χ1) is 15.5. The monoisotopic (exact) mass is 463 g/mol. The Kier molecular flexibility index (Phi) is 6.52. The summed E-state index contributed by atoms with van der Waals surface area (Å²) in [5, 5.41) is 16.2. The van der Waals surface area contributed by atoms with Gasteiger partial charge in [0.15, 0.2) is 5.13 Å². The van der Waals surface area contributed by atoms with Crippen LogP contribution in [0.2, 0.25) is 0 Å². The number of nitro benzene ring substituents is 1. The van der Waals surface area contributed by atoms with Gasteiger partial charge in [-0.05, 0) is 13.0 Å². The molecule has 0 aliphatic heterocycles. The Balaban J connectivity index is 1.42. The fourth-order valence-corrected chi connectivity index (χ4v) is 4.39. The molecule has 1 amide bonds. The number of hydrogen-bond acceptors (Lipinski definition) is 8. The van der Waals surface area contributed by atoms with Crippen molar-refractivity contribution in [1.82, 2.24) is 15.0 Å². The second-order valence-corrected chi connectivity index (χ2v) is 8.92. The van der Waals surface area contributed by atoms with Gasteiger partial charge < -0.3 is 5.32 Å². The normalized spacial score (nSPS) is 11.7. The van der Waals surface area contributed by atoms with E-state index >= 15 is 0 Å². The van der Waals surface area contributed by atoms with Crippen LogP contribution in [0.1, 0.15) is 6.92 Å². The molecule has 4 rings (SSSR count). The predicted octanol–water partition coefficient (Wildman–Crippen LogP) is 5.29. The van der Waals surface area contributed by atoms with Crippen LogP contribution in [0.5, 0.6) is 0 Å². The van der Waals surface area contributed by atoms with Crippen LogP contribution in [0.25, 0.3) is 22.5 Å². The number of nitrogens with zero attached hydrogens (tertiary/aromatic N) is 4. The number of rotatable bonds is 7. The third kappa shape index (κ3) is 5.16. The zero-order valence-electron chi connectivity index (χ0n) is 16.8. The molecule has 0 bridgehead atoms. The molecule has 2 aromatic heterocycles. The summed E-state index contributed by atoms with van der Waals surface area (Å²) in [4.78, 5) is 36.2. The van der Waals surface area contributed by atoms with E-state index in [1.165, 1.54) is 41.6 Å². The number of thiazole rings is 1. The van der Waals surface area contributed by atoms with Gasteiger partial charge in [0.25, 0.3) is 5.69 Å². The lowest BCUT2D eigenvalue weighted by Gasteiger charge is -2.10. The lowest BCUT2D eigenvalue weighted by atomic mass is 10.1. The first-order valence-corrected chi connectivity index (χ1v) is 11.3. The van der Waals surface area contributed by atoms with Gasteiger partial charge in [-0.2, -0.15) is 0 Å². The Morgan fingerprint density at radius 3 is 2.62 bits per heavy atom. The molecular weight excluding hydrogens is 446 g/mol. The fraction of sp³-hybridized carbons (Fsp3) is 0.0909. The SMILES string of the molecule is CC(Sc1cc(-c2ccccc2)ncn1)C(=O)Nc1nc(-c2cccc([N+](=O)[O-])c2)cs1. The molecule has 2 aromatic carbocycles. The van der Waals surface area contributed by atoms with E-state index in [1.54, 1.807) is 24.4 Å². The summed E-state index contributed by atoms with van der Waals surface area (Å²) >= 11 is 2.59. The number of nitro groups is 1. The van der Waals surface area contributed by atoms with E-state index in [9.17, 15) is 14.9 Å². The van der Waals surface area contributed by atoms with Crippen LogP contribution in [0.15, 0.2) is 77.4 Å². The van der Waals surface area contributed by atoms with E-state index in [2.05, 4.69) is 20.3 Å². The van der Waals surface area contributed by atoms with Crippen LogP contribution in [0.3, 0.4) is 0 Å². The molecule has 0 saturated heterocycles. The van der Waals surface area contributed by atoms with E-state index in [-0.39, 0.29) is 11.6 Å². The summed E-state index contributed by atoms with van der Waals surface area (Å²) in [5.74, 6) is -0.213. The lowest BCUT2D eigenvalue weighted by Crippen LogP contribution is -2.22. The van der Waals surface area contributed by atoms with E-state index in [1.807, 2.05) is 36.4 Å². The molecule has 10 heteroatoms. The Morgan fingerprint density at radius 2 is 1.84 bits per heavy atom. The zero-order chi connectivity index (χ0) is 22.5. The van der Waals surface area contributed by atoms with Gasteiger partial charge in [0.2, 0.25) is 5.91 Å². The number of hydrogen-bond donors (Lipinski definition) is 1. The molecule has 1 atom stereocenters. The molecule has 0 saturated carbocycles. The molecule has 0 aliphatic carbocycles.